The topological polar surface area (TPSA) is 56.7 Å². The number of nitrogens with one attached hydrogen (secondary N) is 2. The molecule has 1 atom stereocenters. The number of guanidine groups is 1. The normalized spacial score (nSPS) is 24.4. The summed E-state index contributed by atoms with van der Waals surface area (Å²) in [6.45, 7) is 5.20. The Kier molecular flexibility index (Phi) is 2.70. The van der Waals surface area contributed by atoms with E-state index in [1.54, 1.807) is 0 Å². The van der Waals surface area contributed by atoms with Gasteiger partial charge in [0.1, 0.15) is 0 Å². The number of aliphatic imine (C=N–C) groups is 1. The molecule has 0 aliphatic carbocycles. The van der Waals surface area contributed by atoms with Crippen LogP contribution in [0.25, 0.3) is 0 Å². The summed E-state index contributed by atoms with van der Waals surface area (Å²) in [4.78, 5) is 4.10. The molecule has 11 heavy (non-hydrogen) atoms. The number of nitrogens with zero attached hydrogens (tertiary/aromatic N) is 1. The van der Waals surface area contributed by atoms with Crippen LogP contribution in [0.2, 0.25) is 0 Å². The van der Waals surface area contributed by atoms with Crippen molar-refractivity contribution in [3.63, 3.8) is 0 Å². The Morgan fingerprint density at radius 1 is 1.73 bits per heavy atom. The van der Waals surface area contributed by atoms with Crippen LogP contribution in [0.1, 0.15) is 13.8 Å². The second kappa shape index (κ2) is 3.57. The van der Waals surface area contributed by atoms with Crippen molar-refractivity contribution in [2.24, 2.45) is 4.99 Å². The lowest BCUT2D eigenvalue weighted by atomic mass is 10.3. The van der Waals surface area contributed by atoms with E-state index in [1.807, 2.05) is 0 Å². The number of aliphatic hydroxyl groups is 1. The number of hydrogen-bond acceptors (Lipinski definition) is 4. The molecule has 0 aromatic rings. The zero-order chi connectivity index (χ0) is 8.27. The second-order valence-corrected chi connectivity index (χ2v) is 3.02. The molecule has 0 saturated carbocycles. The minimum absolute atomic E-state index is 0.326. The highest BCUT2D eigenvalue weighted by atomic mass is 16.3. The van der Waals surface area contributed by atoms with Gasteiger partial charge >= 0.3 is 0 Å². The Morgan fingerprint density at radius 2 is 2.45 bits per heavy atom. The molecule has 0 spiro atoms. The molecule has 1 rings (SSSR count). The van der Waals surface area contributed by atoms with E-state index in [0.29, 0.717) is 19.1 Å². The molecule has 0 aromatic carbocycles. The first-order valence-corrected chi connectivity index (χ1v) is 3.91. The highest BCUT2D eigenvalue weighted by Gasteiger charge is 2.11. The minimum Gasteiger partial charge on any atom is -0.389 e. The predicted molar refractivity (Wildman–Crippen MR) is 44.6 cm³/mol. The number of β-amino-alcohol motifs (C(OH)–C–C–N with tert-alkyl or cyclic N) is 1. The Hall–Kier alpha value is -0.770. The van der Waals surface area contributed by atoms with Gasteiger partial charge < -0.3 is 15.7 Å². The maximum absolute atomic E-state index is 9.06. The van der Waals surface area contributed by atoms with Gasteiger partial charge in [0, 0.05) is 12.6 Å². The summed E-state index contributed by atoms with van der Waals surface area (Å²) < 4.78 is 0. The molecule has 1 aliphatic rings. The molecule has 1 unspecified atom stereocenters. The zero-order valence-corrected chi connectivity index (χ0v) is 6.96. The molecule has 64 valence electrons. The first kappa shape index (κ1) is 8.33. The maximum Gasteiger partial charge on any atom is 0.191 e. The average molecular weight is 157 g/mol. The second-order valence-electron chi connectivity index (χ2n) is 3.02. The first-order valence-electron chi connectivity index (χ1n) is 3.91. The molecule has 0 aromatic heterocycles. The van der Waals surface area contributed by atoms with Crippen molar-refractivity contribution in [1.82, 2.24) is 10.6 Å². The van der Waals surface area contributed by atoms with Crippen LogP contribution >= 0.6 is 0 Å². The molecule has 0 fully saturated rings. The van der Waals surface area contributed by atoms with Crippen molar-refractivity contribution in [2.45, 2.75) is 26.0 Å². The molecule has 0 radical (unpaired) electrons. The quantitative estimate of drug-likeness (QED) is 0.472. The van der Waals surface area contributed by atoms with E-state index in [9.17, 15) is 0 Å². The van der Waals surface area contributed by atoms with E-state index >= 15 is 0 Å². The highest BCUT2D eigenvalue weighted by Crippen LogP contribution is 1.90. The van der Waals surface area contributed by atoms with Crippen LogP contribution in [0.4, 0.5) is 0 Å². The Morgan fingerprint density at radius 3 is 2.91 bits per heavy atom. The van der Waals surface area contributed by atoms with Crippen LogP contribution in [0.15, 0.2) is 4.99 Å². The summed E-state index contributed by atoms with van der Waals surface area (Å²) in [7, 11) is 0. The fourth-order valence-corrected chi connectivity index (χ4v) is 0.902. The molecule has 4 nitrogen and oxygen atoms in total. The van der Waals surface area contributed by atoms with E-state index in [4.69, 9.17) is 5.11 Å². The van der Waals surface area contributed by atoms with Crippen LogP contribution in [0.3, 0.4) is 0 Å². The van der Waals surface area contributed by atoms with E-state index in [1.165, 1.54) is 0 Å². The largest absolute Gasteiger partial charge is 0.389 e. The van der Waals surface area contributed by atoms with Gasteiger partial charge in [-0.3, -0.25) is 4.99 Å². The molecule has 3 N–H and O–H groups in total. The Bertz CT molecular complexity index is 156. The summed E-state index contributed by atoms with van der Waals surface area (Å²) in [5, 5.41) is 15.2. The van der Waals surface area contributed by atoms with E-state index in [-0.39, 0.29) is 6.10 Å². The summed E-state index contributed by atoms with van der Waals surface area (Å²) in [5.41, 5.74) is 0. The summed E-state index contributed by atoms with van der Waals surface area (Å²) in [5.74, 6) is 0.797. The minimum atomic E-state index is -0.326. The molecule has 1 heterocycles. The van der Waals surface area contributed by atoms with Crippen LogP contribution in [-0.2, 0) is 0 Å². The monoisotopic (exact) mass is 157 g/mol. The lowest BCUT2D eigenvalue weighted by Gasteiger charge is -2.21. The fraction of sp³-hybridized carbons (Fsp3) is 0.857. The lowest BCUT2D eigenvalue weighted by molar-refractivity contribution is 0.180. The number of hydrogen-bond donors (Lipinski definition) is 3. The predicted octanol–water partition coefficient (Wildman–Crippen LogP) is -0.696. The Balaban J connectivity index is 2.35. The molecular formula is C7H15N3O. The van der Waals surface area contributed by atoms with Gasteiger partial charge in [0.25, 0.3) is 0 Å². The van der Waals surface area contributed by atoms with Gasteiger partial charge in [-0.2, -0.15) is 0 Å². The van der Waals surface area contributed by atoms with Crippen LogP contribution < -0.4 is 10.6 Å². The summed E-state index contributed by atoms with van der Waals surface area (Å²) in [6.07, 6.45) is -0.326. The van der Waals surface area contributed by atoms with Gasteiger partial charge in [0.15, 0.2) is 5.96 Å². The van der Waals surface area contributed by atoms with E-state index in [2.05, 4.69) is 29.5 Å². The molecule has 0 amide bonds. The fourth-order valence-electron chi connectivity index (χ4n) is 0.902. The highest BCUT2D eigenvalue weighted by molar-refractivity contribution is 5.80. The van der Waals surface area contributed by atoms with Gasteiger partial charge in [-0.15, -0.1) is 0 Å². The summed E-state index contributed by atoms with van der Waals surface area (Å²) in [6, 6.07) is 0.386. The van der Waals surface area contributed by atoms with Crippen molar-refractivity contribution in [1.29, 1.82) is 0 Å². The molecule has 1 aliphatic heterocycles. The smallest absolute Gasteiger partial charge is 0.191 e. The van der Waals surface area contributed by atoms with Crippen molar-refractivity contribution in [3.8, 4) is 0 Å². The van der Waals surface area contributed by atoms with Crippen molar-refractivity contribution >= 4 is 5.96 Å². The lowest BCUT2D eigenvalue weighted by Crippen LogP contribution is -2.48. The van der Waals surface area contributed by atoms with Crippen molar-refractivity contribution in [3.05, 3.63) is 0 Å². The maximum atomic E-state index is 9.06. The third-order valence-corrected chi connectivity index (χ3v) is 1.39. The molecule has 4 heteroatoms. The third kappa shape index (κ3) is 2.76. The van der Waals surface area contributed by atoms with Crippen molar-refractivity contribution in [2.75, 3.05) is 13.1 Å². The van der Waals surface area contributed by atoms with Gasteiger partial charge in [-0.05, 0) is 13.8 Å². The first-order chi connectivity index (χ1) is 5.18. The van der Waals surface area contributed by atoms with Crippen LogP contribution in [0, 0.1) is 0 Å². The average Bonchev–Trinajstić information content (AvgIpc) is 1.93. The summed E-state index contributed by atoms with van der Waals surface area (Å²) >= 11 is 0. The van der Waals surface area contributed by atoms with E-state index < -0.39 is 0 Å². The van der Waals surface area contributed by atoms with Gasteiger partial charge in [-0.25, -0.2) is 0 Å². The van der Waals surface area contributed by atoms with Gasteiger partial charge in [0.2, 0.25) is 0 Å². The van der Waals surface area contributed by atoms with Crippen molar-refractivity contribution < 1.29 is 5.11 Å². The van der Waals surface area contributed by atoms with E-state index in [0.717, 1.165) is 5.96 Å². The van der Waals surface area contributed by atoms with Gasteiger partial charge in [0.05, 0.1) is 12.6 Å². The number of aliphatic hydroxyl groups excluding tert-OH is 1. The SMILES string of the molecule is CC(C)NC1=NCC(O)CN1. The molecule has 0 saturated heterocycles. The Labute approximate surface area is 66.7 Å². The standard InChI is InChI=1S/C7H15N3O/c1-5(2)10-7-8-3-6(11)4-9-7/h5-6,11H,3-4H2,1-2H3,(H2,8,9,10). The number of rotatable bonds is 1. The molecular weight excluding hydrogens is 142 g/mol. The van der Waals surface area contributed by atoms with Crippen LogP contribution in [0.5, 0.6) is 0 Å². The third-order valence-electron chi connectivity index (χ3n) is 1.39. The molecule has 0 bridgehead atoms. The van der Waals surface area contributed by atoms with Crippen LogP contribution in [-0.4, -0.2) is 36.3 Å². The zero-order valence-electron chi connectivity index (χ0n) is 6.96. The van der Waals surface area contributed by atoms with Gasteiger partial charge in [-0.1, -0.05) is 0 Å².